The number of hydrogen-bond acceptors (Lipinski definition) is 2. The number of hydrogen-bond donors (Lipinski definition) is 0. The van der Waals surface area contributed by atoms with Gasteiger partial charge < -0.3 is 4.74 Å². The van der Waals surface area contributed by atoms with E-state index in [4.69, 9.17) is 4.74 Å². The standard InChI is InChI=1S/C12H14O2/c1-2-3-6-9-14-12-8-5-4-7-11(12)10-13/h4-10H,2-3H2,1H3. The highest BCUT2D eigenvalue weighted by Crippen LogP contribution is 2.15. The van der Waals surface area contributed by atoms with Gasteiger partial charge in [-0.3, -0.25) is 4.79 Å². The van der Waals surface area contributed by atoms with Gasteiger partial charge in [0.2, 0.25) is 0 Å². The van der Waals surface area contributed by atoms with E-state index in [9.17, 15) is 4.79 Å². The van der Waals surface area contributed by atoms with Crippen molar-refractivity contribution in [2.45, 2.75) is 19.8 Å². The maximum atomic E-state index is 10.6. The number of unbranched alkanes of at least 4 members (excludes halogenated alkanes) is 1. The van der Waals surface area contributed by atoms with Crippen molar-refractivity contribution in [3.8, 4) is 5.75 Å². The number of benzene rings is 1. The van der Waals surface area contributed by atoms with Gasteiger partial charge in [0.25, 0.3) is 0 Å². The lowest BCUT2D eigenvalue weighted by molar-refractivity contribution is 0.112. The van der Waals surface area contributed by atoms with Crippen molar-refractivity contribution in [1.29, 1.82) is 0 Å². The third kappa shape index (κ3) is 3.05. The average molecular weight is 190 g/mol. The van der Waals surface area contributed by atoms with Crippen molar-refractivity contribution in [2.75, 3.05) is 0 Å². The Labute approximate surface area is 84.2 Å². The van der Waals surface area contributed by atoms with E-state index in [0.717, 1.165) is 19.1 Å². The van der Waals surface area contributed by atoms with Gasteiger partial charge >= 0.3 is 0 Å². The van der Waals surface area contributed by atoms with Gasteiger partial charge in [0.15, 0.2) is 6.29 Å². The zero-order valence-electron chi connectivity index (χ0n) is 8.27. The summed E-state index contributed by atoms with van der Waals surface area (Å²) in [5.74, 6) is 0.606. The van der Waals surface area contributed by atoms with Crippen LogP contribution in [0, 0.1) is 0 Å². The highest BCUT2D eigenvalue weighted by atomic mass is 16.5. The van der Waals surface area contributed by atoms with Crippen molar-refractivity contribution >= 4 is 6.29 Å². The highest BCUT2D eigenvalue weighted by molar-refractivity contribution is 5.79. The molecule has 0 fully saturated rings. The van der Waals surface area contributed by atoms with E-state index in [1.165, 1.54) is 0 Å². The van der Waals surface area contributed by atoms with Crippen molar-refractivity contribution in [3.63, 3.8) is 0 Å². The van der Waals surface area contributed by atoms with Crippen molar-refractivity contribution < 1.29 is 9.53 Å². The average Bonchev–Trinajstić information content (AvgIpc) is 2.25. The van der Waals surface area contributed by atoms with Crippen LogP contribution in [-0.2, 0) is 0 Å². The fourth-order valence-electron chi connectivity index (χ4n) is 1.04. The molecule has 0 spiro atoms. The lowest BCUT2D eigenvalue weighted by atomic mass is 10.2. The molecule has 0 aliphatic heterocycles. The van der Waals surface area contributed by atoms with Crippen LogP contribution in [0.4, 0.5) is 0 Å². The first-order valence-corrected chi connectivity index (χ1v) is 4.74. The Bertz CT molecular complexity index is 316. The van der Waals surface area contributed by atoms with Crippen molar-refractivity contribution in [3.05, 3.63) is 42.2 Å². The van der Waals surface area contributed by atoms with Crippen molar-refractivity contribution in [1.82, 2.24) is 0 Å². The summed E-state index contributed by atoms with van der Waals surface area (Å²) in [6.07, 6.45) is 6.45. The van der Waals surface area contributed by atoms with Crippen LogP contribution < -0.4 is 4.74 Å². The van der Waals surface area contributed by atoms with Gasteiger partial charge in [0.1, 0.15) is 5.75 Å². The molecule has 0 aromatic heterocycles. The molecule has 0 aliphatic carbocycles. The maximum Gasteiger partial charge on any atom is 0.153 e. The monoisotopic (exact) mass is 190 g/mol. The number of rotatable bonds is 5. The van der Waals surface area contributed by atoms with E-state index in [-0.39, 0.29) is 0 Å². The number of para-hydroxylation sites is 1. The Morgan fingerprint density at radius 3 is 2.86 bits per heavy atom. The molecule has 0 N–H and O–H groups in total. The molecule has 2 nitrogen and oxygen atoms in total. The van der Waals surface area contributed by atoms with E-state index in [0.29, 0.717) is 11.3 Å². The van der Waals surface area contributed by atoms with Gasteiger partial charge in [0, 0.05) is 0 Å². The summed E-state index contributed by atoms with van der Waals surface area (Å²) >= 11 is 0. The number of aldehydes is 1. The van der Waals surface area contributed by atoms with E-state index >= 15 is 0 Å². The van der Waals surface area contributed by atoms with Crippen LogP contribution >= 0.6 is 0 Å². The minimum absolute atomic E-state index is 0.577. The minimum atomic E-state index is 0.577. The second-order valence-electron chi connectivity index (χ2n) is 2.93. The number of ether oxygens (including phenoxy) is 1. The normalized spacial score (nSPS) is 10.4. The Morgan fingerprint density at radius 2 is 2.14 bits per heavy atom. The summed E-state index contributed by atoms with van der Waals surface area (Å²) in [7, 11) is 0. The molecular formula is C12H14O2. The van der Waals surface area contributed by atoms with Crippen LogP contribution in [-0.4, -0.2) is 6.29 Å². The lowest BCUT2D eigenvalue weighted by Gasteiger charge is -2.01. The van der Waals surface area contributed by atoms with Crippen molar-refractivity contribution in [2.24, 2.45) is 0 Å². The molecule has 1 rings (SSSR count). The lowest BCUT2D eigenvalue weighted by Crippen LogP contribution is -1.88. The minimum Gasteiger partial charge on any atom is -0.465 e. The molecule has 2 heteroatoms. The predicted molar refractivity (Wildman–Crippen MR) is 56.5 cm³/mol. The molecule has 0 amide bonds. The molecule has 0 unspecified atom stereocenters. The van der Waals surface area contributed by atoms with Gasteiger partial charge in [-0.05, 0) is 24.6 Å². The fourth-order valence-corrected chi connectivity index (χ4v) is 1.04. The topological polar surface area (TPSA) is 26.3 Å². The molecular weight excluding hydrogens is 176 g/mol. The molecule has 0 saturated heterocycles. The third-order valence-corrected chi connectivity index (χ3v) is 1.79. The highest BCUT2D eigenvalue weighted by Gasteiger charge is 1.98. The van der Waals surface area contributed by atoms with Crippen LogP contribution in [0.5, 0.6) is 5.75 Å². The molecule has 0 radical (unpaired) electrons. The Balaban J connectivity index is 2.61. The van der Waals surface area contributed by atoms with Gasteiger partial charge in [-0.15, -0.1) is 0 Å². The van der Waals surface area contributed by atoms with Crippen LogP contribution in [0.15, 0.2) is 36.6 Å². The van der Waals surface area contributed by atoms with Crippen LogP contribution in [0.25, 0.3) is 0 Å². The van der Waals surface area contributed by atoms with E-state index in [1.807, 2.05) is 18.2 Å². The summed E-state index contributed by atoms with van der Waals surface area (Å²) in [6, 6.07) is 7.17. The van der Waals surface area contributed by atoms with Crippen LogP contribution in [0.2, 0.25) is 0 Å². The maximum absolute atomic E-state index is 10.6. The molecule has 74 valence electrons. The van der Waals surface area contributed by atoms with Crippen LogP contribution in [0.1, 0.15) is 30.1 Å². The quantitative estimate of drug-likeness (QED) is 0.526. The number of carbonyl (C=O) groups is 1. The predicted octanol–water partition coefficient (Wildman–Crippen LogP) is 3.19. The molecule has 0 atom stereocenters. The number of carbonyl (C=O) groups excluding carboxylic acids is 1. The zero-order chi connectivity index (χ0) is 10.2. The Hall–Kier alpha value is -1.57. The summed E-state index contributed by atoms with van der Waals surface area (Å²) in [6.45, 7) is 2.10. The molecule has 1 aromatic carbocycles. The first kappa shape index (κ1) is 10.5. The molecule has 0 heterocycles. The largest absolute Gasteiger partial charge is 0.465 e. The fraction of sp³-hybridized carbons (Fsp3) is 0.250. The summed E-state index contributed by atoms with van der Waals surface area (Å²) in [5, 5.41) is 0. The van der Waals surface area contributed by atoms with Gasteiger partial charge in [-0.2, -0.15) is 0 Å². The van der Waals surface area contributed by atoms with Gasteiger partial charge in [-0.1, -0.05) is 25.5 Å². The molecule has 0 saturated carbocycles. The van der Waals surface area contributed by atoms with E-state index in [2.05, 4.69) is 6.92 Å². The molecule has 14 heavy (non-hydrogen) atoms. The zero-order valence-corrected chi connectivity index (χ0v) is 8.27. The van der Waals surface area contributed by atoms with Gasteiger partial charge in [-0.25, -0.2) is 0 Å². The Kier molecular flexibility index (Phi) is 4.48. The number of allylic oxidation sites excluding steroid dienone is 1. The summed E-state index contributed by atoms with van der Waals surface area (Å²) in [4.78, 5) is 10.6. The first-order valence-electron chi connectivity index (χ1n) is 4.74. The summed E-state index contributed by atoms with van der Waals surface area (Å²) in [5.41, 5.74) is 0.577. The van der Waals surface area contributed by atoms with E-state index < -0.39 is 0 Å². The first-order chi connectivity index (χ1) is 6.88. The van der Waals surface area contributed by atoms with Gasteiger partial charge in [0.05, 0.1) is 11.8 Å². The second kappa shape index (κ2) is 5.97. The van der Waals surface area contributed by atoms with Crippen LogP contribution in [0.3, 0.4) is 0 Å². The molecule has 0 aliphatic rings. The molecule has 1 aromatic rings. The third-order valence-electron chi connectivity index (χ3n) is 1.79. The SMILES string of the molecule is CCCC=COc1ccccc1C=O. The van der Waals surface area contributed by atoms with E-state index in [1.54, 1.807) is 18.4 Å². The Morgan fingerprint density at radius 1 is 1.36 bits per heavy atom. The molecule has 0 bridgehead atoms. The summed E-state index contributed by atoms with van der Waals surface area (Å²) < 4.78 is 5.32. The second-order valence-corrected chi connectivity index (χ2v) is 2.93. The smallest absolute Gasteiger partial charge is 0.153 e.